The van der Waals surface area contributed by atoms with Gasteiger partial charge in [-0.1, -0.05) is 18.5 Å². The van der Waals surface area contributed by atoms with E-state index in [9.17, 15) is 0 Å². The van der Waals surface area contributed by atoms with Crippen LogP contribution >= 0.6 is 11.6 Å². The zero-order chi connectivity index (χ0) is 18.8. The van der Waals surface area contributed by atoms with Crippen molar-refractivity contribution in [1.82, 2.24) is 24.6 Å². The van der Waals surface area contributed by atoms with Crippen molar-refractivity contribution >= 4 is 11.6 Å². The lowest BCUT2D eigenvalue weighted by Gasteiger charge is -2.27. The van der Waals surface area contributed by atoms with Gasteiger partial charge in [0.2, 0.25) is 0 Å². The Morgan fingerprint density at radius 2 is 2.00 bits per heavy atom. The summed E-state index contributed by atoms with van der Waals surface area (Å²) in [5.41, 5.74) is 5.82. The summed E-state index contributed by atoms with van der Waals surface area (Å²) in [6.45, 7) is 8.06. The van der Waals surface area contributed by atoms with Crippen molar-refractivity contribution in [2.24, 2.45) is 0 Å². The van der Waals surface area contributed by atoms with Crippen LogP contribution in [-0.4, -0.2) is 31.2 Å². The Kier molecular flexibility index (Phi) is 5.23. The minimum atomic E-state index is 0.727. The molecule has 0 aliphatic carbocycles. The average molecular weight is 382 g/mol. The van der Waals surface area contributed by atoms with E-state index in [-0.39, 0.29) is 0 Å². The largest absolute Gasteiger partial charge is 0.294 e. The molecule has 0 bridgehead atoms. The van der Waals surface area contributed by atoms with Crippen molar-refractivity contribution in [3.63, 3.8) is 0 Å². The number of halogens is 1. The van der Waals surface area contributed by atoms with Gasteiger partial charge in [-0.05, 0) is 37.6 Å². The molecular formula is C21H24ClN5. The molecule has 0 amide bonds. The Morgan fingerprint density at radius 1 is 1.19 bits per heavy atom. The van der Waals surface area contributed by atoms with Crippen LogP contribution in [0.25, 0.3) is 11.4 Å². The van der Waals surface area contributed by atoms with E-state index in [2.05, 4.69) is 39.7 Å². The van der Waals surface area contributed by atoms with Gasteiger partial charge in [0.1, 0.15) is 0 Å². The predicted octanol–water partition coefficient (Wildman–Crippen LogP) is 4.27. The minimum Gasteiger partial charge on any atom is -0.294 e. The summed E-state index contributed by atoms with van der Waals surface area (Å²) >= 11 is 5.97. The smallest absolute Gasteiger partial charge is 0.159 e. The highest BCUT2D eigenvalue weighted by Crippen LogP contribution is 2.23. The number of nitrogens with zero attached hydrogens (tertiary/aromatic N) is 5. The third kappa shape index (κ3) is 4.04. The van der Waals surface area contributed by atoms with Gasteiger partial charge in [-0.15, -0.1) is 0 Å². The number of rotatable bonds is 5. The Hall–Kier alpha value is -2.24. The summed E-state index contributed by atoms with van der Waals surface area (Å²) in [5.74, 6) is 0.774. The van der Waals surface area contributed by atoms with Gasteiger partial charge in [-0.25, -0.2) is 9.97 Å². The first-order valence-corrected chi connectivity index (χ1v) is 9.86. The third-order valence-corrected chi connectivity index (χ3v) is 5.26. The molecular weight excluding hydrogens is 358 g/mol. The van der Waals surface area contributed by atoms with Crippen LogP contribution in [0.1, 0.15) is 35.9 Å². The second-order valence-corrected chi connectivity index (χ2v) is 7.57. The number of hydrogen-bond donors (Lipinski definition) is 0. The first-order valence-electron chi connectivity index (χ1n) is 9.48. The fraction of sp³-hybridized carbons (Fsp3) is 0.381. The summed E-state index contributed by atoms with van der Waals surface area (Å²) in [7, 11) is 0. The van der Waals surface area contributed by atoms with E-state index in [0.717, 1.165) is 66.8 Å². The molecule has 6 heteroatoms. The lowest BCUT2D eigenvalue weighted by atomic mass is 10.1. The van der Waals surface area contributed by atoms with E-state index in [0.29, 0.717) is 0 Å². The summed E-state index contributed by atoms with van der Waals surface area (Å²) < 4.78 is 2.06. The molecule has 0 saturated heterocycles. The molecule has 0 saturated carbocycles. The molecule has 2 aromatic heterocycles. The van der Waals surface area contributed by atoms with Crippen molar-refractivity contribution in [2.75, 3.05) is 6.54 Å². The van der Waals surface area contributed by atoms with Crippen molar-refractivity contribution in [1.29, 1.82) is 0 Å². The molecule has 4 rings (SSSR count). The van der Waals surface area contributed by atoms with Gasteiger partial charge in [0.25, 0.3) is 0 Å². The molecule has 0 atom stereocenters. The summed E-state index contributed by atoms with van der Waals surface area (Å²) in [6, 6.07) is 7.69. The fourth-order valence-electron chi connectivity index (χ4n) is 3.55. The maximum atomic E-state index is 5.97. The Morgan fingerprint density at radius 3 is 2.78 bits per heavy atom. The molecule has 0 N–H and O–H groups in total. The molecule has 27 heavy (non-hydrogen) atoms. The van der Waals surface area contributed by atoms with Gasteiger partial charge in [-0.2, -0.15) is 5.10 Å². The first kappa shape index (κ1) is 18.1. The van der Waals surface area contributed by atoms with Gasteiger partial charge in [-0.3, -0.25) is 9.58 Å². The van der Waals surface area contributed by atoms with E-state index in [4.69, 9.17) is 16.6 Å². The topological polar surface area (TPSA) is 46.8 Å². The lowest BCUT2D eigenvalue weighted by molar-refractivity contribution is 0.242. The zero-order valence-corrected chi connectivity index (χ0v) is 16.6. The molecule has 0 unspecified atom stereocenters. The zero-order valence-electron chi connectivity index (χ0n) is 15.8. The molecule has 0 radical (unpaired) electrons. The van der Waals surface area contributed by atoms with Gasteiger partial charge < -0.3 is 0 Å². The second kappa shape index (κ2) is 7.79. The minimum absolute atomic E-state index is 0.727. The molecule has 140 valence electrons. The van der Waals surface area contributed by atoms with E-state index < -0.39 is 0 Å². The van der Waals surface area contributed by atoms with Crippen molar-refractivity contribution in [3.05, 3.63) is 64.2 Å². The highest BCUT2D eigenvalue weighted by molar-refractivity contribution is 6.30. The van der Waals surface area contributed by atoms with Crippen molar-refractivity contribution in [2.45, 2.75) is 46.3 Å². The van der Waals surface area contributed by atoms with Gasteiger partial charge in [0.05, 0.1) is 11.4 Å². The summed E-state index contributed by atoms with van der Waals surface area (Å²) in [6.07, 6.45) is 6.21. The Balaban J connectivity index is 1.48. The summed E-state index contributed by atoms with van der Waals surface area (Å²) in [5, 5.41) is 5.34. The SMILES string of the molecule is CCCn1cc(CN2CCc3nc(-c4ccc(Cl)cc4)ncc3C2)c(C)n1. The maximum absolute atomic E-state index is 5.97. The molecule has 5 nitrogen and oxygen atoms in total. The van der Waals surface area contributed by atoms with Crippen LogP contribution in [-0.2, 0) is 26.1 Å². The Bertz CT molecular complexity index is 932. The van der Waals surface area contributed by atoms with Gasteiger partial charge >= 0.3 is 0 Å². The number of aryl methyl sites for hydroxylation is 2. The fourth-order valence-corrected chi connectivity index (χ4v) is 3.67. The highest BCUT2D eigenvalue weighted by Gasteiger charge is 2.20. The standard InChI is InChI=1S/C21H24ClN5/c1-3-9-27-14-18(15(2)25-27)13-26-10-8-20-17(12-26)11-23-21(24-20)16-4-6-19(22)7-5-16/h4-7,11,14H,3,8-10,12-13H2,1-2H3. The van der Waals surface area contributed by atoms with E-state index in [1.807, 2.05) is 30.5 Å². The quantitative estimate of drug-likeness (QED) is 0.662. The van der Waals surface area contributed by atoms with Crippen LogP contribution < -0.4 is 0 Å². The van der Waals surface area contributed by atoms with Crippen molar-refractivity contribution in [3.8, 4) is 11.4 Å². The lowest BCUT2D eigenvalue weighted by Crippen LogP contribution is -2.31. The molecule has 3 heterocycles. The van der Waals surface area contributed by atoms with Crippen LogP contribution in [0.4, 0.5) is 0 Å². The molecule has 1 aliphatic heterocycles. The molecule has 1 aromatic carbocycles. The van der Waals surface area contributed by atoms with Crippen LogP contribution in [0.5, 0.6) is 0 Å². The third-order valence-electron chi connectivity index (χ3n) is 5.01. The van der Waals surface area contributed by atoms with Gasteiger partial charge in [0.15, 0.2) is 5.82 Å². The van der Waals surface area contributed by atoms with Crippen LogP contribution in [0.2, 0.25) is 5.02 Å². The van der Waals surface area contributed by atoms with Crippen LogP contribution in [0, 0.1) is 6.92 Å². The number of hydrogen-bond acceptors (Lipinski definition) is 4. The van der Waals surface area contributed by atoms with E-state index >= 15 is 0 Å². The van der Waals surface area contributed by atoms with Crippen molar-refractivity contribution < 1.29 is 0 Å². The monoisotopic (exact) mass is 381 g/mol. The molecule has 0 spiro atoms. The molecule has 1 aliphatic rings. The molecule has 0 fully saturated rings. The maximum Gasteiger partial charge on any atom is 0.159 e. The number of fused-ring (bicyclic) bond motifs is 1. The second-order valence-electron chi connectivity index (χ2n) is 7.14. The Labute approximate surface area is 165 Å². The van der Waals surface area contributed by atoms with Crippen LogP contribution in [0.3, 0.4) is 0 Å². The van der Waals surface area contributed by atoms with E-state index in [1.54, 1.807) is 0 Å². The summed E-state index contributed by atoms with van der Waals surface area (Å²) in [4.78, 5) is 11.8. The normalized spacial score (nSPS) is 14.3. The van der Waals surface area contributed by atoms with Gasteiger partial charge in [0, 0.05) is 66.7 Å². The molecule has 3 aromatic rings. The highest BCUT2D eigenvalue weighted by atomic mass is 35.5. The predicted molar refractivity (Wildman–Crippen MR) is 108 cm³/mol. The van der Waals surface area contributed by atoms with Crippen LogP contribution in [0.15, 0.2) is 36.7 Å². The van der Waals surface area contributed by atoms with E-state index in [1.165, 1.54) is 11.1 Å². The first-order chi connectivity index (χ1) is 13.1. The number of benzene rings is 1. The average Bonchev–Trinajstić information content (AvgIpc) is 3.01. The number of aromatic nitrogens is 4.